The number of hydrogen-bond donors (Lipinski definition) is 2. The van der Waals surface area contributed by atoms with Crippen LogP contribution in [0.15, 0.2) is 30.5 Å². The molecule has 1 aliphatic carbocycles. The van der Waals surface area contributed by atoms with E-state index in [-0.39, 0.29) is 11.8 Å². The van der Waals surface area contributed by atoms with Gasteiger partial charge in [0.05, 0.1) is 24.6 Å². The molecule has 2 heterocycles. The number of benzene rings is 1. The molecule has 0 bridgehead atoms. The molecule has 2 aliphatic rings. The molecule has 2 aromatic rings. The first-order valence-electron chi connectivity index (χ1n) is 11.6. The summed E-state index contributed by atoms with van der Waals surface area (Å²) in [7, 11) is 3.63. The fourth-order valence-electron chi connectivity index (χ4n) is 4.82. The van der Waals surface area contributed by atoms with Gasteiger partial charge in [0.2, 0.25) is 5.91 Å². The Labute approximate surface area is 190 Å². The molecule has 4 rings (SSSR count). The summed E-state index contributed by atoms with van der Waals surface area (Å²) >= 11 is 0. The second-order valence-electron chi connectivity index (χ2n) is 8.91. The summed E-state index contributed by atoms with van der Waals surface area (Å²) in [5.74, 6) is 0.999. The molecule has 2 atom stereocenters. The summed E-state index contributed by atoms with van der Waals surface area (Å²) in [6.07, 6.45) is 4.61. The van der Waals surface area contributed by atoms with Crippen molar-refractivity contribution in [2.45, 2.75) is 31.8 Å². The van der Waals surface area contributed by atoms with Gasteiger partial charge in [-0.25, -0.2) is 0 Å². The predicted molar refractivity (Wildman–Crippen MR) is 124 cm³/mol. The third-order valence-corrected chi connectivity index (χ3v) is 6.60. The molecule has 1 unspecified atom stereocenters. The number of aliphatic hydroxyl groups is 1. The average Bonchev–Trinajstić information content (AvgIpc) is 3.18. The first-order chi connectivity index (χ1) is 15.5. The number of para-hydroxylation sites is 2. The van der Waals surface area contributed by atoms with Crippen LogP contribution in [-0.2, 0) is 24.7 Å². The molecule has 8 nitrogen and oxygen atoms in total. The van der Waals surface area contributed by atoms with Gasteiger partial charge >= 0.3 is 0 Å². The number of ether oxygens (including phenoxy) is 1. The number of aromatic nitrogens is 2. The van der Waals surface area contributed by atoms with Crippen LogP contribution in [0.4, 0.5) is 5.69 Å². The van der Waals surface area contributed by atoms with Crippen molar-refractivity contribution in [2.24, 2.45) is 13.0 Å². The summed E-state index contributed by atoms with van der Waals surface area (Å²) in [4.78, 5) is 17.2. The normalized spacial score (nSPS) is 20.0. The number of fused-ring (bicyclic) bond motifs is 1. The van der Waals surface area contributed by atoms with Crippen molar-refractivity contribution >= 4 is 11.6 Å². The van der Waals surface area contributed by atoms with Crippen molar-refractivity contribution in [1.29, 1.82) is 0 Å². The quantitative estimate of drug-likeness (QED) is 0.641. The number of carbonyl (C=O) groups is 1. The molecule has 1 amide bonds. The van der Waals surface area contributed by atoms with E-state index in [1.807, 2.05) is 36.1 Å². The number of aryl methyl sites for hydroxylation is 2. The third kappa shape index (κ3) is 5.42. The summed E-state index contributed by atoms with van der Waals surface area (Å²) in [5.41, 5.74) is 3.43. The Kier molecular flexibility index (Phi) is 7.32. The van der Waals surface area contributed by atoms with Crippen LogP contribution in [0, 0.1) is 5.92 Å². The van der Waals surface area contributed by atoms with Gasteiger partial charge in [-0.1, -0.05) is 12.1 Å². The van der Waals surface area contributed by atoms with Crippen molar-refractivity contribution in [2.75, 3.05) is 51.3 Å². The largest absolute Gasteiger partial charge is 0.495 e. The highest BCUT2D eigenvalue weighted by Crippen LogP contribution is 2.28. The molecular formula is C24H35N5O3. The van der Waals surface area contributed by atoms with E-state index >= 15 is 0 Å². The second-order valence-corrected chi connectivity index (χ2v) is 8.91. The van der Waals surface area contributed by atoms with Crippen LogP contribution < -0.4 is 15.0 Å². The van der Waals surface area contributed by atoms with Crippen molar-refractivity contribution in [3.8, 4) is 5.75 Å². The van der Waals surface area contributed by atoms with E-state index < -0.39 is 6.10 Å². The highest BCUT2D eigenvalue weighted by atomic mass is 16.5. The molecule has 2 N–H and O–H groups in total. The molecule has 1 aromatic carbocycles. The first kappa shape index (κ1) is 22.6. The Bertz CT molecular complexity index is 907. The number of aliphatic hydroxyl groups excluding tert-OH is 1. The van der Waals surface area contributed by atoms with Gasteiger partial charge in [0, 0.05) is 58.4 Å². The maximum Gasteiger partial charge on any atom is 0.223 e. The van der Waals surface area contributed by atoms with E-state index in [0.717, 1.165) is 62.6 Å². The lowest BCUT2D eigenvalue weighted by molar-refractivity contribution is -0.125. The van der Waals surface area contributed by atoms with E-state index in [2.05, 4.69) is 26.3 Å². The SMILES string of the molecule is COc1ccccc1N1CCN(C[C@H](O)CCNC(=O)C2CCc3nn(C)cc3C2)CC1. The van der Waals surface area contributed by atoms with Crippen LogP contribution in [0.25, 0.3) is 0 Å². The minimum Gasteiger partial charge on any atom is -0.495 e. The molecule has 1 aliphatic heterocycles. The lowest BCUT2D eigenvalue weighted by atomic mass is 9.87. The number of carbonyl (C=O) groups excluding carboxylic acids is 1. The number of hydrogen-bond acceptors (Lipinski definition) is 6. The van der Waals surface area contributed by atoms with Crippen molar-refractivity contribution in [3.63, 3.8) is 0 Å². The van der Waals surface area contributed by atoms with Crippen LogP contribution in [0.1, 0.15) is 24.1 Å². The van der Waals surface area contributed by atoms with Crippen molar-refractivity contribution in [1.82, 2.24) is 20.0 Å². The Hall–Kier alpha value is -2.58. The number of anilines is 1. The predicted octanol–water partition coefficient (Wildman–Crippen LogP) is 1.22. The lowest BCUT2D eigenvalue weighted by Crippen LogP contribution is -2.49. The molecule has 8 heteroatoms. The fourth-order valence-corrected chi connectivity index (χ4v) is 4.82. The van der Waals surface area contributed by atoms with Gasteiger partial charge in [-0.15, -0.1) is 0 Å². The maximum absolute atomic E-state index is 12.6. The Morgan fingerprint density at radius 2 is 2.06 bits per heavy atom. The zero-order valence-electron chi connectivity index (χ0n) is 19.2. The van der Waals surface area contributed by atoms with Crippen LogP contribution in [0.2, 0.25) is 0 Å². The Morgan fingerprint density at radius 1 is 1.28 bits per heavy atom. The molecular weight excluding hydrogens is 406 g/mol. The summed E-state index contributed by atoms with van der Waals surface area (Å²) in [6.45, 7) is 4.76. The van der Waals surface area contributed by atoms with Crippen molar-refractivity contribution in [3.05, 3.63) is 41.7 Å². The zero-order chi connectivity index (χ0) is 22.5. The lowest BCUT2D eigenvalue weighted by Gasteiger charge is -2.37. The topological polar surface area (TPSA) is 82.9 Å². The second kappa shape index (κ2) is 10.4. The number of nitrogens with one attached hydrogen (secondary N) is 1. The zero-order valence-corrected chi connectivity index (χ0v) is 19.2. The summed E-state index contributed by atoms with van der Waals surface area (Å²) < 4.78 is 7.31. The van der Waals surface area contributed by atoms with Crippen molar-refractivity contribution < 1.29 is 14.6 Å². The number of piperazine rings is 1. The first-order valence-corrected chi connectivity index (χ1v) is 11.6. The smallest absolute Gasteiger partial charge is 0.223 e. The van der Waals surface area contributed by atoms with Crippen LogP contribution in [0.5, 0.6) is 5.75 Å². The van der Waals surface area contributed by atoms with E-state index in [1.54, 1.807) is 7.11 Å². The van der Waals surface area contributed by atoms with Crippen LogP contribution >= 0.6 is 0 Å². The molecule has 0 radical (unpaired) electrons. The highest BCUT2D eigenvalue weighted by Gasteiger charge is 2.27. The molecule has 32 heavy (non-hydrogen) atoms. The molecule has 174 valence electrons. The Morgan fingerprint density at radius 3 is 2.84 bits per heavy atom. The van der Waals surface area contributed by atoms with E-state index in [9.17, 15) is 9.90 Å². The maximum atomic E-state index is 12.6. The van der Waals surface area contributed by atoms with Crippen LogP contribution in [-0.4, -0.2) is 78.2 Å². The molecule has 1 aromatic heterocycles. The fraction of sp³-hybridized carbons (Fsp3) is 0.583. The minimum atomic E-state index is -0.440. The summed E-state index contributed by atoms with van der Waals surface area (Å²) in [5, 5.41) is 18.0. The van der Waals surface area contributed by atoms with Gasteiger partial charge in [-0.2, -0.15) is 5.10 Å². The number of nitrogens with zero attached hydrogens (tertiary/aromatic N) is 4. The average molecular weight is 442 g/mol. The van der Waals surface area contributed by atoms with Gasteiger partial charge in [-0.05, 0) is 43.4 Å². The molecule has 0 saturated carbocycles. The number of rotatable bonds is 8. The van der Waals surface area contributed by atoms with E-state index in [0.29, 0.717) is 19.5 Å². The van der Waals surface area contributed by atoms with Gasteiger partial charge in [0.15, 0.2) is 0 Å². The minimum absolute atomic E-state index is 0.00639. The third-order valence-electron chi connectivity index (χ3n) is 6.60. The highest BCUT2D eigenvalue weighted by molar-refractivity contribution is 5.79. The van der Waals surface area contributed by atoms with Gasteiger partial charge in [0.1, 0.15) is 5.75 Å². The monoisotopic (exact) mass is 441 g/mol. The number of amides is 1. The number of β-amino-alcohol motifs (C(OH)–C–C–N with tert-alkyl or cyclic N) is 1. The summed E-state index contributed by atoms with van der Waals surface area (Å²) in [6, 6.07) is 8.10. The van der Waals surface area contributed by atoms with E-state index in [4.69, 9.17) is 4.74 Å². The molecule has 0 spiro atoms. The Balaban J connectivity index is 1.15. The number of methoxy groups -OCH3 is 1. The van der Waals surface area contributed by atoms with Gasteiger partial charge in [-0.3, -0.25) is 14.4 Å². The molecule has 1 saturated heterocycles. The van der Waals surface area contributed by atoms with Crippen LogP contribution in [0.3, 0.4) is 0 Å². The molecule has 1 fully saturated rings. The van der Waals surface area contributed by atoms with Gasteiger partial charge in [0.25, 0.3) is 0 Å². The van der Waals surface area contributed by atoms with Gasteiger partial charge < -0.3 is 20.1 Å². The standard InChI is InChI=1S/C24H35N5O3/c1-27-16-19-15-18(7-8-21(19)26-27)24(31)25-10-9-20(30)17-28-11-13-29(14-12-28)22-5-3-4-6-23(22)32-2/h3-6,16,18,20,30H,7-15,17H2,1-2H3,(H,25,31)/t18?,20-/m1/s1. The van der Waals surface area contributed by atoms with E-state index in [1.165, 1.54) is 5.56 Å².